The second-order valence-corrected chi connectivity index (χ2v) is 6.02. The molecule has 0 aliphatic heterocycles. The van der Waals surface area contributed by atoms with Crippen LogP contribution >= 0.6 is 0 Å². The van der Waals surface area contributed by atoms with Crippen molar-refractivity contribution in [1.29, 1.82) is 0 Å². The summed E-state index contributed by atoms with van der Waals surface area (Å²) in [4.78, 5) is 10.6. The average molecular weight is 271 g/mol. The molecule has 3 unspecified atom stereocenters. The van der Waals surface area contributed by atoms with Gasteiger partial charge in [-0.25, -0.2) is 0 Å². The van der Waals surface area contributed by atoms with Crippen molar-refractivity contribution in [1.82, 2.24) is 0 Å². The summed E-state index contributed by atoms with van der Waals surface area (Å²) in [5.41, 5.74) is 2.20. The summed E-state index contributed by atoms with van der Waals surface area (Å²) in [6.45, 7) is 1.02. The minimum atomic E-state index is -0.739. The molecule has 3 rings (SSSR count). The Morgan fingerprint density at radius 2 is 2.20 bits per heavy atom. The van der Waals surface area contributed by atoms with Crippen LogP contribution in [0.3, 0.4) is 0 Å². The molecule has 2 aliphatic carbocycles. The number of carboxylic acid groups (broad SMARTS) is 1. The van der Waals surface area contributed by atoms with Crippen molar-refractivity contribution in [3.63, 3.8) is 0 Å². The highest BCUT2D eigenvalue weighted by Gasteiger charge is 2.35. The maximum Gasteiger partial charge on any atom is 0.303 e. The number of carboxylic acids is 1. The van der Waals surface area contributed by atoms with Crippen LogP contribution in [0.2, 0.25) is 0 Å². The Kier molecular flexibility index (Phi) is 3.77. The highest BCUT2D eigenvalue weighted by Crippen LogP contribution is 2.43. The molecule has 1 aromatic rings. The lowest BCUT2D eigenvalue weighted by atomic mass is 9.93. The van der Waals surface area contributed by atoms with Crippen molar-refractivity contribution < 1.29 is 9.90 Å². The SMILES string of the molecule is O=C(O)CCc1cccc(NCC2CC3C=CC2C3)c1. The number of carbonyl (C=O) groups is 1. The van der Waals surface area contributed by atoms with Gasteiger partial charge in [-0.3, -0.25) is 4.79 Å². The van der Waals surface area contributed by atoms with E-state index in [0.717, 1.165) is 35.5 Å². The fraction of sp³-hybridized carbons (Fsp3) is 0.471. The van der Waals surface area contributed by atoms with Crippen molar-refractivity contribution in [2.45, 2.75) is 25.7 Å². The van der Waals surface area contributed by atoms with E-state index >= 15 is 0 Å². The van der Waals surface area contributed by atoms with Crippen molar-refractivity contribution in [2.75, 3.05) is 11.9 Å². The van der Waals surface area contributed by atoms with Gasteiger partial charge in [-0.05, 0) is 54.7 Å². The number of aryl methyl sites for hydroxylation is 1. The normalized spacial score (nSPS) is 26.9. The second-order valence-electron chi connectivity index (χ2n) is 6.02. The van der Waals surface area contributed by atoms with E-state index in [2.05, 4.69) is 29.6 Å². The Balaban J connectivity index is 1.53. The van der Waals surface area contributed by atoms with Crippen molar-refractivity contribution in [2.24, 2.45) is 17.8 Å². The number of anilines is 1. The molecule has 1 saturated carbocycles. The molecular weight excluding hydrogens is 250 g/mol. The highest BCUT2D eigenvalue weighted by atomic mass is 16.4. The molecule has 106 valence electrons. The van der Waals surface area contributed by atoms with Gasteiger partial charge in [0.25, 0.3) is 0 Å². The quantitative estimate of drug-likeness (QED) is 0.780. The van der Waals surface area contributed by atoms with Crippen LogP contribution in [0.5, 0.6) is 0 Å². The Morgan fingerprint density at radius 3 is 2.90 bits per heavy atom. The van der Waals surface area contributed by atoms with E-state index in [-0.39, 0.29) is 6.42 Å². The van der Waals surface area contributed by atoms with E-state index in [9.17, 15) is 4.79 Å². The number of rotatable bonds is 6. The largest absolute Gasteiger partial charge is 0.481 e. The summed E-state index contributed by atoms with van der Waals surface area (Å²) in [5, 5.41) is 12.2. The van der Waals surface area contributed by atoms with Gasteiger partial charge in [0.1, 0.15) is 0 Å². The monoisotopic (exact) mass is 271 g/mol. The zero-order valence-electron chi connectivity index (χ0n) is 11.6. The maximum atomic E-state index is 10.6. The first-order valence-electron chi connectivity index (χ1n) is 7.43. The third kappa shape index (κ3) is 3.03. The van der Waals surface area contributed by atoms with Gasteiger partial charge in [0, 0.05) is 18.7 Å². The predicted octanol–water partition coefficient (Wildman–Crippen LogP) is 3.33. The van der Waals surface area contributed by atoms with Crippen LogP contribution in [0.25, 0.3) is 0 Å². The van der Waals surface area contributed by atoms with Crippen LogP contribution in [0.15, 0.2) is 36.4 Å². The Bertz CT molecular complexity index is 523. The molecule has 2 aliphatic rings. The molecule has 0 spiro atoms. The van der Waals surface area contributed by atoms with Gasteiger partial charge in [0.2, 0.25) is 0 Å². The second kappa shape index (κ2) is 5.70. The van der Waals surface area contributed by atoms with Crippen molar-refractivity contribution >= 4 is 11.7 Å². The summed E-state index contributed by atoms with van der Waals surface area (Å²) in [7, 11) is 0. The fourth-order valence-corrected chi connectivity index (χ4v) is 3.47. The summed E-state index contributed by atoms with van der Waals surface area (Å²) in [6, 6.07) is 8.13. The topological polar surface area (TPSA) is 49.3 Å². The van der Waals surface area contributed by atoms with Gasteiger partial charge in [-0.15, -0.1) is 0 Å². The van der Waals surface area contributed by atoms with E-state index in [1.54, 1.807) is 0 Å². The molecule has 2 N–H and O–H groups in total. The number of hydrogen-bond acceptors (Lipinski definition) is 2. The van der Waals surface area contributed by atoms with Gasteiger partial charge < -0.3 is 10.4 Å². The summed E-state index contributed by atoms with van der Waals surface area (Å²) < 4.78 is 0. The first-order valence-corrected chi connectivity index (χ1v) is 7.43. The summed E-state index contributed by atoms with van der Waals surface area (Å²) in [5.74, 6) is 1.60. The molecule has 0 radical (unpaired) electrons. The lowest BCUT2D eigenvalue weighted by Gasteiger charge is -2.19. The number of aliphatic carboxylic acids is 1. The third-order valence-electron chi connectivity index (χ3n) is 4.54. The number of benzene rings is 1. The molecule has 0 saturated heterocycles. The molecule has 3 atom stereocenters. The number of fused-ring (bicyclic) bond motifs is 2. The van der Waals surface area contributed by atoms with Crippen LogP contribution in [0, 0.1) is 17.8 Å². The molecule has 0 aromatic heterocycles. The van der Waals surface area contributed by atoms with Gasteiger partial charge in [0.15, 0.2) is 0 Å². The summed E-state index contributed by atoms with van der Waals surface area (Å²) in [6.07, 6.45) is 8.19. The Hall–Kier alpha value is -1.77. The first kappa shape index (κ1) is 13.2. The van der Waals surface area contributed by atoms with Crippen molar-refractivity contribution in [3.8, 4) is 0 Å². The lowest BCUT2D eigenvalue weighted by molar-refractivity contribution is -0.136. The predicted molar refractivity (Wildman–Crippen MR) is 79.7 cm³/mol. The fourth-order valence-electron chi connectivity index (χ4n) is 3.47. The highest BCUT2D eigenvalue weighted by molar-refractivity contribution is 5.67. The third-order valence-corrected chi connectivity index (χ3v) is 4.54. The molecular formula is C17H21NO2. The lowest BCUT2D eigenvalue weighted by Crippen LogP contribution is -2.18. The smallest absolute Gasteiger partial charge is 0.303 e. The molecule has 3 nitrogen and oxygen atoms in total. The van der Waals surface area contributed by atoms with Gasteiger partial charge in [-0.2, -0.15) is 0 Å². The first-order chi connectivity index (χ1) is 9.70. The van der Waals surface area contributed by atoms with E-state index in [1.165, 1.54) is 12.8 Å². The zero-order chi connectivity index (χ0) is 13.9. The number of allylic oxidation sites excluding steroid dienone is 2. The van der Waals surface area contributed by atoms with Crippen LogP contribution in [-0.4, -0.2) is 17.6 Å². The number of hydrogen-bond donors (Lipinski definition) is 2. The molecule has 1 aromatic carbocycles. The van der Waals surface area contributed by atoms with Gasteiger partial charge in [-0.1, -0.05) is 24.3 Å². The van der Waals surface area contributed by atoms with Crippen LogP contribution in [0.4, 0.5) is 5.69 Å². The van der Waals surface area contributed by atoms with E-state index in [1.807, 2.05) is 12.1 Å². The van der Waals surface area contributed by atoms with E-state index in [4.69, 9.17) is 5.11 Å². The average Bonchev–Trinajstić information content (AvgIpc) is 3.06. The molecule has 3 heteroatoms. The molecule has 1 fully saturated rings. The molecule has 2 bridgehead atoms. The molecule has 20 heavy (non-hydrogen) atoms. The van der Waals surface area contributed by atoms with Crippen molar-refractivity contribution in [3.05, 3.63) is 42.0 Å². The zero-order valence-corrected chi connectivity index (χ0v) is 11.6. The van der Waals surface area contributed by atoms with Gasteiger partial charge in [0.05, 0.1) is 0 Å². The van der Waals surface area contributed by atoms with Crippen LogP contribution in [0.1, 0.15) is 24.8 Å². The molecule has 0 heterocycles. The minimum Gasteiger partial charge on any atom is -0.481 e. The van der Waals surface area contributed by atoms with Gasteiger partial charge >= 0.3 is 5.97 Å². The van der Waals surface area contributed by atoms with Crippen LogP contribution < -0.4 is 5.32 Å². The Morgan fingerprint density at radius 1 is 1.30 bits per heavy atom. The number of nitrogens with one attached hydrogen (secondary N) is 1. The van der Waals surface area contributed by atoms with E-state index in [0.29, 0.717) is 6.42 Å². The molecule has 0 amide bonds. The van der Waals surface area contributed by atoms with Crippen LogP contribution in [-0.2, 0) is 11.2 Å². The van der Waals surface area contributed by atoms with E-state index < -0.39 is 5.97 Å². The standard InChI is InChI=1S/C17H21NO2/c19-17(20)7-5-12-2-1-3-16(10-12)18-11-15-9-13-4-6-14(15)8-13/h1-4,6,10,13-15,18H,5,7-9,11H2,(H,19,20). The minimum absolute atomic E-state index is 0.195. The Labute approximate surface area is 119 Å². The maximum absolute atomic E-state index is 10.6. The summed E-state index contributed by atoms with van der Waals surface area (Å²) >= 11 is 0.